The van der Waals surface area contributed by atoms with Gasteiger partial charge in [0, 0.05) is 69.1 Å². The van der Waals surface area contributed by atoms with Crippen LogP contribution in [-0.2, 0) is 16.1 Å². The second-order valence-corrected chi connectivity index (χ2v) is 18.5. The molecule has 3 aliphatic rings. The molecule has 1 atom stereocenters. The van der Waals surface area contributed by atoms with Gasteiger partial charge in [-0.2, -0.15) is 4.72 Å². The molecule has 2 N–H and O–H groups in total. The Labute approximate surface area is 369 Å². The van der Waals surface area contributed by atoms with Crippen LogP contribution in [0.25, 0.3) is 5.57 Å². The van der Waals surface area contributed by atoms with Crippen molar-refractivity contribution >= 4 is 63.1 Å². The van der Waals surface area contributed by atoms with E-state index in [2.05, 4.69) is 50.7 Å². The maximum Gasteiger partial charge on any atom is 0.297 e. The van der Waals surface area contributed by atoms with Gasteiger partial charge in [-0.3, -0.25) is 24.7 Å². The minimum atomic E-state index is -2.19. The van der Waals surface area contributed by atoms with Crippen LogP contribution < -0.4 is 19.7 Å². The number of halogens is 3. The van der Waals surface area contributed by atoms with E-state index >= 15 is 4.39 Å². The number of ether oxygens (including phenoxy) is 2. The topological polar surface area (TPSA) is 136 Å². The molecule has 1 amide bonds. The van der Waals surface area contributed by atoms with Crippen LogP contribution in [0.1, 0.15) is 55.5 Å². The Kier molecular flexibility index (Phi) is 14.8. The van der Waals surface area contributed by atoms with Gasteiger partial charge in [0.2, 0.25) is 0 Å². The van der Waals surface area contributed by atoms with Gasteiger partial charge in [0.25, 0.3) is 11.6 Å². The van der Waals surface area contributed by atoms with Crippen molar-refractivity contribution in [3.63, 3.8) is 0 Å². The highest BCUT2D eigenvalue weighted by Gasteiger charge is 2.30. The van der Waals surface area contributed by atoms with Crippen molar-refractivity contribution in [1.29, 1.82) is 0 Å². The van der Waals surface area contributed by atoms with Gasteiger partial charge in [-0.05, 0) is 97.3 Å². The molecule has 4 aromatic carbocycles. The van der Waals surface area contributed by atoms with E-state index in [-0.39, 0.29) is 43.8 Å². The Bertz CT molecular complexity index is 2230. The van der Waals surface area contributed by atoms with Crippen molar-refractivity contribution < 1.29 is 28.1 Å². The first-order valence-corrected chi connectivity index (χ1v) is 22.5. The minimum absolute atomic E-state index is 0.00921. The van der Waals surface area contributed by atoms with Crippen LogP contribution in [0.5, 0.6) is 11.5 Å². The van der Waals surface area contributed by atoms with E-state index in [1.807, 2.05) is 12.1 Å². The molecule has 2 aliphatic heterocycles. The van der Waals surface area contributed by atoms with Gasteiger partial charge in [0.15, 0.2) is 16.5 Å². The van der Waals surface area contributed by atoms with Crippen LogP contribution in [-0.4, -0.2) is 97.3 Å². The summed E-state index contributed by atoms with van der Waals surface area (Å²) in [4.78, 5) is 32.3. The predicted molar refractivity (Wildman–Crippen MR) is 240 cm³/mol. The molecular formula is C45H51Cl2FN6O6S. The van der Waals surface area contributed by atoms with E-state index in [9.17, 15) is 19.5 Å². The Morgan fingerprint density at radius 1 is 0.951 bits per heavy atom. The van der Waals surface area contributed by atoms with E-state index in [0.29, 0.717) is 32.8 Å². The van der Waals surface area contributed by atoms with Crippen LogP contribution in [0.4, 0.5) is 21.5 Å². The number of carbonyl (C=O) groups is 1. The molecule has 0 saturated carbocycles. The molecular weight excluding hydrogens is 843 g/mol. The van der Waals surface area contributed by atoms with Crippen molar-refractivity contribution in [2.24, 2.45) is 5.41 Å². The molecule has 2 saturated heterocycles. The normalized spacial score (nSPS) is 17.8. The SMILES string of the molecule is CC1(C)CCC(CN2CCN(c3ccc(C(=O)N[S+]([O-])c4ccc(NCCCN5CCOCC5)c([N+](=O)[O-])c4)c(Oc4cccc(Cl)c4F)c3)CC2)=C(c2ccc(Cl)cc2)C1. The average Bonchev–Trinajstić information content (AvgIpc) is 3.25. The highest BCUT2D eigenvalue weighted by atomic mass is 35.5. The number of allylic oxidation sites excluding steroid dienone is 1. The Morgan fingerprint density at radius 2 is 1.70 bits per heavy atom. The van der Waals surface area contributed by atoms with Crippen LogP contribution in [0, 0.1) is 21.3 Å². The number of nitrogens with zero attached hydrogens (tertiary/aromatic N) is 4. The Morgan fingerprint density at radius 3 is 2.44 bits per heavy atom. The predicted octanol–water partition coefficient (Wildman–Crippen LogP) is 9.21. The van der Waals surface area contributed by atoms with E-state index in [0.717, 1.165) is 75.7 Å². The van der Waals surface area contributed by atoms with Gasteiger partial charge in [-0.25, -0.2) is 4.39 Å². The van der Waals surface area contributed by atoms with Crippen LogP contribution in [0.15, 0.2) is 89.3 Å². The molecule has 61 heavy (non-hydrogen) atoms. The fourth-order valence-electron chi connectivity index (χ4n) is 8.03. The summed E-state index contributed by atoms with van der Waals surface area (Å²) in [6, 6.07) is 21.6. The molecule has 0 aromatic heterocycles. The molecule has 1 aliphatic carbocycles. The molecule has 324 valence electrons. The molecule has 12 nitrogen and oxygen atoms in total. The first kappa shape index (κ1) is 44.6. The van der Waals surface area contributed by atoms with E-state index in [1.165, 1.54) is 53.1 Å². The van der Waals surface area contributed by atoms with Crippen molar-refractivity contribution in [3.8, 4) is 11.5 Å². The second kappa shape index (κ2) is 20.2. The van der Waals surface area contributed by atoms with Gasteiger partial charge < -0.3 is 24.2 Å². The summed E-state index contributed by atoms with van der Waals surface area (Å²) in [6.45, 7) is 13.0. The number of hydrogen-bond acceptors (Lipinski definition) is 10. The number of rotatable bonds is 15. The largest absolute Gasteiger partial charge is 0.588 e. The lowest BCUT2D eigenvalue weighted by Gasteiger charge is -2.39. The first-order valence-electron chi connectivity index (χ1n) is 20.6. The molecule has 0 radical (unpaired) electrons. The number of nitro benzene ring substituents is 1. The Balaban J connectivity index is 1.04. The number of benzene rings is 4. The molecule has 4 aromatic rings. The standard InChI is InChI=1S/C45H51Cl2FN6O6S/c1-45(2)16-15-32(37(29-45)31-7-9-33(46)10-8-31)30-52-19-21-53(22-20-52)34-11-13-36(42(27-34)60-41-6-3-5-38(47)43(41)48)44(55)50-61(58)35-12-14-39(40(28-35)54(56)57)49-17-4-18-51-23-25-59-26-24-51/h3,5-14,27-28,49H,4,15-26,29-30H2,1-2H3,(H,50,55). The van der Waals surface area contributed by atoms with Gasteiger partial charge >= 0.3 is 0 Å². The monoisotopic (exact) mass is 892 g/mol. The third kappa shape index (κ3) is 11.5. The van der Waals surface area contributed by atoms with Crippen LogP contribution in [0.2, 0.25) is 10.0 Å². The van der Waals surface area contributed by atoms with Gasteiger partial charge in [-0.1, -0.05) is 60.8 Å². The number of nitrogens with one attached hydrogen (secondary N) is 2. The van der Waals surface area contributed by atoms with E-state index in [1.54, 1.807) is 18.2 Å². The summed E-state index contributed by atoms with van der Waals surface area (Å²) in [7, 11) is 0. The van der Waals surface area contributed by atoms with Gasteiger partial charge in [0.05, 0.1) is 34.8 Å². The summed E-state index contributed by atoms with van der Waals surface area (Å²) in [5.74, 6) is -1.73. The number of nitro groups is 1. The lowest BCUT2D eigenvalue weighted by Crippen LogP contribution is -2.47. The van der Waals surface area contributed by atoms with E-state index in [4.69, 9.17) is 32.7 Å². The highest BCUT2D eigenvalue weighted by molar-refractivity contribution is 7.90. The van der Waals surface area contributed by atoms with Crippen molar-refractivity contribution in [1.82, 2.24) is 14.5 Å². The lowest BCUT2D eigenvalue weighted by molar-refractivity contribution is -0.384. The second-order valence-electron chi connectivity index (χ2n) is 16.4. The number of morpholine rings is 1. The molecule has 0 bridgehead atoms. The maximum absolute atomic E-state index is 15.2. The zero-order chi connectivity index (χ0) is 43.1. The molecule has 16 heteroatoms. The average molecular weight is 894 g/mol. The maximum atomic E-state index is 15.2. The molecule has 1 unspecified atom stereocenters. The van der Waals surface area contributed by atoms with Crippen molar-refractivity contribution in [3.05, 3.63) is 122 Å². The van der Waals surface area contributed by atoms with Gasteiger partial charge in [0.1, 0.15) is 22.8 Å². The minimum Gasteiger partial charge on any atom is -0.588 e. The number of hydrogen-bond donors (Lipinski definition) is 2. The molecule has 2 heterocycles. The third-order valence-electron chi connectivity index (χ3n) is 11.5. The number of anilines is 2. The summed E-state index contributed by atoms with van der Waals surface area (Å²) in [6.07, 6.45) is 3.94. The first-order chi connectivity index (χ1) is 29.3. The zero-order valence-electron chi connectivity index (χ0n) is 34.4. The smallest absolute Gasteiger partial charge is 0.297 e. The van der Waals surface area contributed by atoms with E-state index < -0.39 is 28.0 Å². The Hall–Kier alpha value is -4.41. The highest BCUT2D eigenvalue weighted by Crippen LogP contribution is 2.43. The lowest BCUT2D eigenvalue weighted by atomic mass is 9.72. The molecule has 2 fully saturated rings. The van der Waals surface area contributed by atoms with Crippen molar-refractivity contribution in [2.75, 3.05) is 82.3 Å². The fraction of sp³-hybridized carbons (Fsp3) is 0.400. The molecule has 0 spiro atoms. The summed E-state index contributed by atoms with van der Waals surface area (Å²) < 4.78 is 42.6. The fourth-order valence-corrected chi connectivity index (χ4v) is 9.13. The zero-order valence-corrected chi connectivity index (χ0v) is 36.7. The third-order valence-corrected chi connectivity index (χ3v) is 13.1. The number of piperazine rings is 1. The van der Waals surface area contributed by atoms with Gasteiger partial charge in [-0.15, -0.1) is 0 Å². The van der Waals surface area contributed by atoms with Crippen LogP contribution >= 0.6 is 23.2 Å². The molecule has 7 rings (SSSR count). The van der Waals surface area contributed by atoms with Crippen molar-refractivity contribution in [2.45, 2.75) is 44.4 Å². The quantitative estimate of drug-likeness (QED) is 0.0515. The summed E-state index contributed by atoms with van der Waals surface area (Å²) in [5.41, 5.74) is 5.07. The summed E-state index contributed by atoms with van der Waals surface area (Å²) >= 11 is 10.1. The number of carbonyl (C=O) groups excluding carboxylic acids is 1. The van der Waals surface area contributed by atoms with Crippen LogP contribution in [0.3, 0.4) is 0 Å². The summed E-state index contributed by atoms with van der Waals surface area (Å²) in [5, 5.41) is 15.7. The number of amides is 1.